The summed E-state index contributed by atoms with van der Waals surface area (Å²) in [5.74, 6) is 0.681. The van der Waals surface area contributed by atoms with Crippen LogP contribution in [0.5, 0.6) is 0 Å². The molecule has 0 radical (unpaired) electrons. The van der Waals surface area contributed by atoms with E-state index in [2.05, 4.69) is 32.1 Å². The Labute approximate surface area is 44.5 Å². The Hall–Kier alpha value is -0.520. The minimum atomic E-state index is 0.681. The van der Waals surface area contributed by atoms with Crippen LogP contribution in [0.15, 0.2) is 23.8 Å². The molecule has 0 unspecified atom stereocenters. The lowest BCUT2D eigenvalue weighted by atomic mass is 10.2. The van der Waals surface area contributed by atoms with Crippen molar-refractivity contribution in [1.29, 1.82) is 0 Å². The van der Waals surface area contributed by atoms with E-state index in [-0.39, 0.29) is 0 Å². The van der Waals surface area contributed by atoms with Gasteiger partial charge in [0.1, 0.15) is 0 Å². The van der Waals surface area contributed by atoms with Gasteiger partial charge in [-0.2, -0.15) is 0 Å². The van der Waals surface area contributed by atoms with Gasteiger partial charge in [0.2, 0.25) is 0 Å². The van der Waals surface area contributed by atoms with Crippen molar-refractivity contribution in [2.75, 3.05) is 0 Å². The molecule has 1 atom stereocenters. The van der Waals surface area contributed by atoms with Gasteiger partial charge in [0.15, 0.2) is 0 Å². The Morgan fingerprint density at radius 3 is 2.43 bits per heavy atom. The Kier molecular flexibility index (Phi) is 1.01. The van der Waals surface area contributed by atoms with E-state index in [1.54, 1.807) is 0 Å². The minimum Gasteiger partial charge on any atom is -0.0776 e. The van der Waals surface area contributed by atoms with E-state index in [0.29, 0.717) is 5.92 Å². The summed E-state index contributed by atoms with van der Waals surface area (Å²) in [4.78, 5) is 0. The Bertz CT molecular complexity index is 118. The van der Waals surface area contributed by atoms with E-state index >= 15 is 0 Å². The molecule has 0 aromatic carbocycles. The van der Waals surface area contributed by atoms with Crippen molar-refractivity contribution in [2.24, 2.45) is 5.92 Å². The third kappa shape index (κ3) is 0.923. The summed E-state index contributed by atoms with van der Waals surface area (Å²) in [5, 5.41) is 0. The maximum absolute atomic E-state index is 2.25. The molecule has 1 aliphatic carbocycles. The highest BCUT2D eigenvalue weighted by molar-refractivity contribution is 5.25. The number of rotatable bonds is 0. The second-order valence-corrected chi connectivity index (χ2v) is 2.13. The first-order valence-electron chi connectivity index (χ1n) is 2.65. The number of hydrogen-bond donors (Lipinski definition) is 0. The van der Waals surface area contributed by atoms with Crippen LogP contribution in [0.3, 0.4) is 0 Å². The number of allylic oxidation sites excluding steroid dienone is 4. The second-order valence-electron chi connectivity index (χ2n) is 2.13. The van der Waals surface area contributed by atoms with Crippen molar-refractivity contribution in [1.82, 2.24) is 0 Å². The normalized spacial score (nSPS) is 28.3. The van der Waals surface area contributed by atoms with Gasteiger partial charge >= 0.3 is 0 Å². The monoisotopic (exact) mass is 94.1 g/mol. The molecule has 38 valence electrons. The number of hydrogen-bond acceptors (Lipinski definition) is 0. The van der Waals surface area contributed by atoms with Gasteiger partial charge in [-0.15, -0.1) is 0 Å². The van der Waals surface area contributed by atoms with E-state index in [0.717, 1.165) is 0 Å². The van der Waals surface area contributed by atoms with Crippen LogP contribution in [0, 0.1) is 5.92 Å². The molecular weight excluding hydrogens is 84.1 g/mol. The van der Waals surface area contributed by atoms with Crippen molar-refractivity contribution in [3.8, 4) is 0 Å². The first-order valence-corrected chi connectivity index (χ1v) is 2.65. The molecular formula is C7H10. The van der Waals surface area contributed by atoms with E-state index in [9.17, 15) is 0 Å². The van der Waals surface area contributed by atoms with Gasteiger partial charge in [-0.3, -0.25) is 0 Å². The standard InChI is InChI=1S/C7H10/c1-6-3-4-7(2)5-6/h3-6H,1-2H3/t6-/m1/s1. The zero-order valence-electron chi connectivity index (χ0n) is 4.81. The largest absolute Gasteiger partial charge is 0.0776 e. The van der Waals surface area contributed by atoms with Gasteiger partial charge in [-0.25, -0.2) is 0 Å². The van der Waals surface area contributed by atoms with Gasteiger partial charge in [0, 0.05) is 0 Å². The Morgan fingerprint density at radius 2 is 2.29 bits per heavy atom. The lowest BCUT2D eigenvalue weighted by Gasteiger charge is -1.85. The molecule has 0 amide bonds. The molecule has 0 spiro atoms. The molecule has 0 fully saturated rings. The van der Waals surface area contributed by atoms with Crippen LogP contribution >= 0.6 is 0 Å². The highest BCUT2D eigenvalue weighted by Crippen LogP contribution is 2.12. The van der Waals surface area contributed by atoms with Crippen LogP contribution in [-0.2, 0) is 0 Å². The third-order valence-corrected chi connectivity index (χ3v) is 1.19. The molecule has 0 bridgehead atoms. The maximum Gasteiger partial charge on any atom is -0.00730 e. The van der Waals surface area contributed by atoms with Gasteiger partial charge in [-0.1, -0.05) is 30.7 Å². The van der Waals surface area contributed by atoms with E-state index in [1.807, 2.05) is 0 Å². The fourth-order valence-electron chi connectivity index (χ4n) is 0.829. The molecule has 0 N–H and O–H groups in total. The lowest BCUT2D eigenvalue weighted by molar-refractivity contribution is 0.955. The Morgan fingerprint density at radius 1 is 1.57 bits per heavy atom. The van der Waals surface area contributed by atoms with Crippen molar-refractivity contribution in [3.63, 3.8) is 0 Å². The predicted molar refractivity (Wildman–Crippen MR) is 32.1 cm³/mol. The summed E-state index contributed by atoms with van der Waals surface area (Å²) in [5.41, 5.74) is 1.40. The fraction of sp³-hybridized carbons (Fsp3) is 0.429. The molecule has 0 aromatic rings. The third-order valence-electron chi connectivity index (χ3n) is 1.19. The van der Waals surface area contributed by atoms with Crippen LogP contribution in [0.2, 0.25) is 0 Å². The topological polar surface area (TPSA) is 0 Å². The quantitative estimate of drug-likeness (QED) is 0.431. The fourth-order valence-corrected chi connectivity index (χ4v) is 0.829. The first-order chi connectivity index (χ1) is 3.29. The summed E-state index contributed by atoms with van der Waals surface area (Å²) in [6, 6.07) is 0. The molecule has 0 saturated heterocycles. The van der Waals surface area contributed by atoms with Crippen LogP contribution in [0.4, 0.5) is 0 Å². The van der Waals surface area contributed by atoms with Gasteiger partial charge in [0.25, 0.3) is 0 Å². The van der Waals surface area contributed by atoms with Crippen molar-refractivity contribution < 1.29 is 0 Å². The summed E-state index contributed by atoms with van der Waals surface area (Å²) in [6.07, 6.45) is 6.61. The average molecular weight is 94.2 g/mol. The smallest absolute Gasteiger partial charge is 0.00730 e. The van der Waals surface area contributed by atoms with Crippen molar-refractivity contribution >= 4 is 0 Å². The van der Waals surface area contributed by atoms with Crippen molar-refractivity contribution in [3.05, 3.63) is 23.8 Å². The van der Waals surface area contributed by atoms with E-state index in [1.165, 1.54) is 5.57 Å². The summed E-state index contributed by atoms with van der Waals surface area (Å²) in [6.45, 7) is 4.31. The van der Waals surface area contributed by atoms with Crippen LogP contribution in [0.1, 0.15) is 13.8 Å². The van der Waals surface area contributed by atoms with Gasteiger partial charge in [0.05, 0.1) is 0 Å². The SMILES string of the molecule is CC1=C[C@H](C)C=C1. The molecule has 0 heterocycles. The Balaban J connectivity index is 2.69. The molecule has 7 heavy (non-hydrogen) atoms. The zero-order chi connectivity index (χ0) is 5.28. The lowest BCUT2D eigenvalue weighted by Crippen LogP contribution is -1.73. The van der Waals surface area contributed by atoms with Gasteiger partial charge < -0.3 is 0 Å². The van der Waals surface area contributed by atoms with Crippen LogP contribution in [-0.4, -0.2) is 0 Å². The summed E-state index contributed by atoms with van der Waals surface area (Å²) in [7, 11) is 0. The molecule has 0 nitrogen and oxygen atoms in total. The predicted octanol–water partition coefficient (Wildman–Crippen LogP) is 2.14. The van der Waals surface area contributed by atoms with Crippen molar-refractivity contribution in [2.45, 2.75) is 13.8 Å². The molecule has 1 rings (SSSR count). The van der Waals surface area contributed by atoms with E-state index < -0.39 is 0 Å². The maximum atomic E-state index is 2.25. The molecule has 1 aliphatic rings. The molecule has 0 heteroatoms. The van der Waals surface area contributed by atoms with Crippen LogP contribution in [0.25, 0.3) is 0 Å². The average Bonchev–Trinajstić information content (AvgIpc) is 1.87. The molecule has 0 aromatic heterocycles. The summed E-state index contributed by atoms with van der Waals surface area (Å²) < 4.78 is 0. The molecule has 0 saturated carbocycles. The highest BCUT2D eigenvalue weighted by atomic mass is 14.0. The summed E-state index contributed by atoms with van der Waals surface area (Å²) >= 11 is 0. The first kappa shape index (κ1) is 4.63. The zero-order valence-corrected chi connectivity index (χ0v) is 4.81. The van der Waals surface area contributed by atoms with Crippen LogP contribution < -0.4 is 0 Å². The van der Waals surface area contributed by atoms with Gasteiger partial charge in [-0.05, 0) is 12.8 Å². The second kappa shape index (κ2) is 1.53. The minimum absolute atomic E-state index is 0.681. The highest BCUT2D eigenvalue weighted by Gasteiger charge is 1.96. The van der Waals surface area contributed by atoms with E-state index in [4.69, 9.17) is 0 Å². The molecule has 0 aliphatic heterocycles.